The molecule has 3 atom stereocenters. The lowest BCUT2D eigenvalue weighted by Gasteiger charge is -2.30. The molecule has 1 aliphatic carbocycles. The van der Waals surface area contributed by atoms with E-state index in [9.17, 15) is 14.4 Å². The van der Waals surface area contributed by atoms with Crippen LogP contribution in [0.25, 0.3) is 0 Å². The van der Waals surface area contributed by atoms with Crippen LogP contribution in [0.1, 0.15) is 45.4 Å². The molecule has 2 amide bonds. The minimum Gasteiger partial charge on any atom is -0.436 e. The van der Waals surface area contributed by atoms with Crippen LogP contribution in [0.3, 0.4) is 0 Å². The van der Waals surface area contributed by atoms with Crippen molar-refractivity contribution >= 4 is 17.8 Å². The van der Waals surface area contributed by atoms with Crippen LogP contribution in [-0.4, -0.2) is 73.8 Å². The van der Waals surface area contributed by atoms with E-state index in [2.05, 4.69) is 5.32 Å². The quantitative estimate of drug-likeness (QED) is 0.769. The first-order chi connectivity index (χ1) is 13.0. The fraction of sp³-hybridized carbons (Fsp3) is 0.842. The minimum absolute atomic E-state index is 0.00692. The van der Waals surface area contributed by atoms with E-state index in [1.165, 1.54) is 6.42 Å². The van der Waals surface area contributed by atoms with Crippen LogP contribution in [0.5, 0.6) is 0 Å². The number of carbonyl (C=O) groups excluding carboxylic acids is 3. The molecule has 0 bridgehead atoms. The van der Waals surface area contributed by atoms with Gasteiger partial charge >= 0.3 is 6.09 Å². The number of ketones is 1. The van der Waals surface area contributed by atoms with E-state index in [-0.39, 0.29) is 18.5 Å². The van der Waals surface area contributed by atoms with E-state index < -0.39 is 24.1 Å². The van der Waals surface area contributed by atoms with E-state index in [0.717, 1.165) is 25.7 Å². The molecule has 2 heterocycles. The summed E-state index contributed by atoms with van der Waals surface area (Å²) in [7, 11) is 0. The lowest BCUT2D eigenvalue weighted by Crippen LogP contribution is -2.51. The topological polar surface area (TPSA) is 94.2 Å². The Balaban J connectivity index is 1.63. The molecule has 8 heteroatoms. The largest absolute Gasteiger partial charge is 0.436 e. The first-order valence-corrected chi connectivity index (χ1v) is 10.0. The second kappa shape index (κ2) is 9.50. The van der Waals surface area contributed by atoms with Crippen molar-refractivity contribution in [2.24, 2.45) is 5.92 Å². The van der Waals surface area contributed by atoms with Gasteiger partial charge in [-0.15, -0.1) is 0 Å². The van der Waals surface area contributed by atoms with Crippen LogP contribution >= 0.6 is 0 Å². The normalized spacial score (nSPS) is 28.0. The molecular weight excluding hydrogens is 352 g/mol. The van der Waals surface area contributed by atoms with Crippen LogP contribution in [-0.2, 0) is 23.8 Å². The second-order valence-corrected chi connectivity index (χ2v) is 7.68. The summed E-state index contributed by atoms with van der Waals surface area (Å²) < 4.78 is 16.1. The molecule has 0 unspecified atom stereocenters. The number of morpholine rings is 1. The van der Waals surface area contributed by atoms with E-state index in [0.29, 0.717) is 38.6 Å². The van der Waals surface area contributed by atoms with Gasteiger partial charge in [0.1, 0.15) is 12.6 Å². The average molecular weight is 382 g/mol. The maximum Gasteiger partial charge on any atom is 0.410 e. The molecule has 3 aliphatic rings. The Morgan fingerprint density at radius 3 is 2.56 bits per heavy atom. The molecule has 0 aromatic heterocycles. The van der Waals surface area contributed by atoms with E-state index in [4.69, 9.17) is 14.2 Å². The Kier molecular flexibility index (Phi) is 7.07. The van der Waals surface area contributed by atoms with Gasteiger partial charge in [-0.2, -0.15) is 0 Å². The van der Waals surface area contributed by atoms with Crippen molar-refractivity contribution in [1.29, 1.82) is 0 Å². The van der Waals surface area contributed by atoms with Crippen LogP contribution in [0, 0.1) is 5.92 Å². The Morgan fingerprint density at radius 1 is 1.22 bits per heavy atom. The van der Waals surface area contributed by atoms with Crippen LogP contribution in [0.2, 0.25) is 0 Å². The first-order valence-electron chi connectivity index (χ1n) is 10.0. The summed E-state index contributed by atoms with van der Waals surface area (Å²) in [6.07, 6.45) is 4.34. The predicted octanol–water partition coefficient (Wildman–Crippen LogP) is 1.27. The molecule has 3 rings (SSSR count). The standard InChI is InChI=1S/C19H30N2O6/c1-13-17(15(22)12-26-13)20-18(23)16(11-14-5-3-2-4-6-14)27-19(24)21-7-9-25-10-8-21/h13-14,16-17H,2-12H2,1H3,(H,20,23)/t13-,16-,17+/m1/s1. The molecule has 8 nitrogen and oxygen atoms in total. The Bertz CT molecular complexity index is 542. The smallest absolute Gasteiger partial charge is 0.410 e. The van der Waals surface area contributed by atoms with Crippen molar-refractivity contribution in [2.45, 2.75) is 63.7 Å². The molecule has 1 N–H and O–H groups in total. The predicted molar refractivity (Wildman–Crippen MR) is 96.2 cm³/mol. The zero-order valence-corrected chi connectivity index (χ0v) is 16.0. The van der Waals surface area contributed by atoms with E-state index in [1.807, 2.05) is 0 Å². The number of Topliss-reactive ketones (excluding diaryl/α,β-unsaturated/α-hetero) is 1. The van der Waals surface area contributed by atoms with Gasteiger partial charge in [-0.3, -0.25) is 9.59 Å². The highest BCUT2D eigenvalue weighted by atomic mass is 16.6. The van der Waals surface area contributed by atoms with Crippen molar-refractivity contribution in [3.8, 4) is 0 Å². The van der Waals surface area contributed by atoms with Gasteiger partial charge in [-0.25, -0.2) is 4.79 Å². The van der Waals surface area contributed by atoms with E-state index in [1.54, 1.807) is 11.8 Å². The number of ether oxygens (including phenoxy) is 3. The molecule has 0 spiro atoms. The Hall–Kier alpha value is -1.67. The third kappa shape index (κ3) is 5.42. The monoisotopic (exact) mass is 382 g/mol. The van der Waals surface area contributed by atoms with Crippen molar-refractivity contribution in [1.82, 2.24) is 10.2 Å². The Morgan fingerprint density at radius 2 is 1.93 bits per heavy atom. The summed E-state index contributed by atoms with van der Waals surface area (Å²) in [5.41, 5.74) is 0. The van der Waals surface area contributed by atoms with Gasteiger partial charge in [0.15, 0.2) is 11.9 Å². The summed E-state index contributed by atoms with van der Waals surface area (Å²) in [5.74, 6) is -0.190. The minimum atomic E-state index is -0.885. The molecule has 27 heavy (non-hydrogen) atoms. The zero-order valence-electron chi connectivity index (χ0n) is 16.0. The Labute approximate surface area is 159 Å². The molecule has 152 valence electrons. The van der Waals surface area contributed by atoms with Gasteiger partial charge in [-0.05, 0) is 19.3 Å². The van der Waals surface area contributed by atoms with Gasteiger partial charge in [0.25, 0.3) is 5.91 Å². The van der Waals surface area contributed by atoms with Crippen molar-refractivity contribution < 1.29 is 28.6 Å². The number of carbonyl (C=O) groups is 3. The van der Waals surface area contributed by atoms with Crippen LogP contribution in [0.15, 0.2) is 0 Å². The fourth-order valence-electron chi connectivity index (χ4n) is 3.98. The van der Waals surface area contributed by atoms with Gasteiger partial charge in [0.2, 0.25) is 0 Å². The van der Waals surface area contributed by atoms with Crippen molar-refractivity contribution in [2.75, 3.05) is 32.9 Å². The van der Waals surface area contributed by atoms with Crippen LogP contribution in [0.4, 0.5) is 4.79 Å². The number of amides is 2. The number of nitrogens with one attached hydrogen (secondary N) is 1. The van der Waals surface area contributed by atoms with Gasteiger partial charge in [0.05, 0.1) is 19.3 Å². The maximum absolute atomic E-state index is 12.8. The summed E-state index contributed by atoms with van der Waals surface area (Å²) >= 11 is 0. The van der Waals surface area contributed by atoms with Gasteiger partial charge in [0, 0.05) is 13.1 Å². The average Bonchev–Trinajstić information content (AvgIpc) is 3.01. The third-order valence-electron chi connectivity index (χ3n) is 5.68. The second-order valence-electron chi connectivity index (χ2n) is 7.68. The number of hydrogen-bond acceptors (Lipinski definition) is 6. The lowest BCUT2D eigenvalue weighted by atomic mass is 9.85. The fourth-order valence-corrected chi connectivity index (χ4v) is 3.98. The highest BCUT2D eigenvalue weighted by molar-refractivity contribution is 5.93. The lowest BCUT2D eigenvalue weighted by molar-refractivity contribution is -0.134. The highest BCUT2D eigenvalue weighted by Crippen LogP contribution is 2.28. The highest BCUT2D eigenvalue weighted by Gasteiger charge is 2.37. The first kappa shape index (κ1) is 20.1. The van der Waals surface area contributed by atoms with Crippen LogP contribution < -0.4 is 5.32 Å². The van der Waals surface area contributed by atoms with Gasteiger partial charge < -0.3 is 24.4 Å². The summed E-state index contributed by atoms with van der Waals surface area (Å²) in [4.78, 5) is 38.8. The van der Waals surface area contributed by atoms with Crippen molar-refractivity contribution in [3.63, 3.8) is 0 Å². The molecule has 2 saturated heterocycles. The number of rotatable bonds is 5. The molecule has 0 aromatic rings. The van der Waals surface area contributed by atoms with E-state index >= 15 is 0 Å². The molecule has 2 aliphatic heterocycles. The van der Waals surface area contributed by atoms with Crippen molar-refractivity contribution in [3.05, 3.63) is 0 Å². The number of hydrogen-bond donors (Lipinski definition) is 1. The molecular formula is C19H30N2O6. The summed E-state index contributed by atoms with van der Waals surface area (Å²) in [6.45, 7) is 3.63. The van der Waals surface area contributed by atoms with Gasteiger partial charge in [-0.1, -0.05) is 32.1 Å². The SMILES string of the molecule is C[C@H]1OCC(=O)[C@H]1NC(=O)[C@@H](CC1CCCCC1)OC(=O)N1CCOCC1. The molecule has 1 saturated carbocycles. The summed E-state index contributed by atoms with van der Waals surface area (Å²) in [5, 5.41) is 2.74. The molecule has 3 fully saturated rings. The zero-order chi connectivity index (χ0) is 19.2. The molecule has 0 aromatic carbocycles. The third-order valence-corrected chi connectivity index (χ3v) is 5.68. The summed E-state index contributed by atoms with van der Waals surface area (Å²) in [6, 6.07) is -0.673. The maximum atomic E-state index is 12.8. The molecule has 0 radical (unpaired) electrons. The number of nitrogens with zero attached hydrogens (tertiary/aromatic N) is 1.